The van der Waals surface area contributed by atoms with Crippen LogP contribution in [0.15, 0.2) is 16.5 Å². The van der Waals surface area contributed by atoms with E-state index in [0.717, 1.165) is 31.6 Å². The van der Waals surface area contributed by atoms with Crippen LogP contribution >= 0.6 is 0 Å². The first-order chi connectivity index (χ1) is 7.70. The van der Waals surface area contributed by atoms with Crippen molar-refractivity contribution in [1.82, 2.24) is 0 Å². The first-order valence-electron chi connectivity index (χ1n) is 6.03. The van der Waals surface area contributed by atoms with Gasteiger partial charge in [0.1, 0.15) is 5.76 Å². The summed E-state index contributed by atoms with van der Waals surface area (Å²) in [6.07, 6.45) is 4.30. The lowest BCUT2D eigenvalue weighted by Gasteiger charge is -2.24. The average Bonchev–Trinajstić information content (AvgIpc) is 2.77. The van der Waals surface area contributed by atoms with Gasteiger partial charge in [0.2, 0.25) is 5.78 Å². The van der Waals surface area contributed by atoms with Gasteiger partial charge >= 0.3 is 0 Å². The molecule has 0 aliphatic heterocycles. The van der Waals surface area contributed by atoms with Crippen LogP contribution in [-0.2, 0) is 6.54 Å². The highest BCUT2D eigenvalue weighted by atomic mass is 16.3. The molecule has 0 aromatic carbocycles. The molecule has 0 radical (unpaired) electrons. The maximum Gasteiger partial charge on any atom is 0.201 e. The van der Waals surface area contributed by atoms with E-state index in [2.05, 4.69) is 6.92 Å². The van der Waals surface area contributed by atoms with Gasteiger partial charge in [-0.05, 0) is 30.9 Å². The third-order valence-electron chi connectivity index (χ3n) is 3.49. The quantitative estimate of drug-likeness (QED) is 0.798. The topological polar surface area (TPSA) is 56.2 Å². The van der Waals surface area contributed by atoms with Crippen LogP contribution in [0.25, 0.3) is 0 Å². The summed E-state index contributed by atoms with van der Waals surface area (Å²) in [6.45, 7) is 2.61. The second kappa shape index (κ2) is 4.83. The van der Waals surface area contributed by atoms with Crippen molar-refractivity contribution in [2.75, 3.05) is 0 Å². The van der Waals surface area contributed by atoms with Crippen molar-refractivity contribution in [3.8, 4) is 0 Å². The molecule has 1 aliphatic rings. The molecule has 0 spiro atoms. The third-order valence-corrected chi connectivity index (χ3v) is 3.49. The van der Waals surface area contributed by atoms with Crippen molar-refractivity contribution in [2.24, 2.45) is 17.6 Å². The van der Waals surface area contributed by atoms with Crippen LogP contribution < -0.4 is 5.73 Å². The number of nitrogens with two attached hydrogens (primary N) is 1. The number of ketones is 1. The van der Waals surface area contributed by atoms with E-state index in [1.807, 2.05) is 0 Å². The van der Waals surface area contributed by atoms with Crippen molar-refractivity contribution in [3.05, 3.63) is 23.7 Å². The second-order valence-electron chi connectivity index (χ2n) is 4.79. The minimum Gasteiger partial charge on any atom is -0.457 e. The molecule has 1 aliphatic carbocycles. The van der Waals surface area contributed by atoms with Gasteiger partial charge in [-0.15, -0.1) is 0 Å². The molecule has 1 aromatic heterocycles. The first kappa shape index (κ1) is 11.4. The molecule has 1 heterocycles. The standard InChI is InChI=1S/C13H19NO2/c1-9-2-4-10(5-3-9)13(15)12-7-6-11(8-14)16-12/h6-7,9-10H,2-5,8,14H2,1H3. The molecule has 0 amide bonds. The van der Waals surface area contributed by atoms with Gasteiger partial charge in [0.25, 0.3) is 0 Å². The zero-order valence-electron chi connectivity index (χ0n) is 9.74. The number of hydrogen-bond acceptors (Lipinski definition) is 3. The van der Waals surface area contributed by atoms with Crippen molar-refractivity contribution < 1.29 is 9.21 Å². The smallest absolute Gasteiger partial charge is 0.201 e. The molecule has 16 heavy (non-hydrogen) atoms. The van der Waals surface area contributed by atoms with E-state index >= 15 is 0 Å². The van der Waals surface area contributed by atoms with E-state index in [4.69, 9.17) is 10.2 Å². The number of furan rings is 1. The van der Waals surface area contributed by atoms with E-state index in [1.165, 1.54) is 0 Å². The number of Topliss-reactive ketones (excluding diaryl/α,β-unsaturated/α-hetero) is 1. The van der Waals surface area contributed by atoms with E-state index in [0.29, 0.717) is 18.1 Å². The van der Waals surface area contributed by atoms with Gasteiger partial charge in [-0.2, -0.15) is 0 Å². The predicted molar refractivity (Wildman–Crippen MR) is 62.1 cm³/mol. The second-order valence-corrected chi connectivity index (χ2v) is 4.79. The van der Waals surface area contributed by atoms with Gasteiger partial charge in [-0.3, -0.25) is 4.79 Å². The summed E-state index contributed by atoms with van der Waals surface area (Å²) in [7, 11) is 0. The van der Waals surface area contributed by atoms with Crippen molar-refractivity contribution in [2.45, 2.75) is 39.2 Å². The lowest BCUT2D eigenvalue weighted by molar-refractivity contribution is 0.0845. The van der Waals surface area contributed by atoms with Gasteiger partial charge < -0.3 is 10.2 Å². The van der Waals surface area contributed by atoms with Crippen molar-refractivity contribution >= 4 is 5.78 Å². The Morgan fingerprint density at radius 2 is 2.06 bits per heavy atom. The fraction of sp³-hybridized carbons (Fsp3) is 0.615. The minimum absolute atomic E-state index is 0.159. The molecule has 0 saturated heterocycles. The van der Waals surface area contributed by atoms with Crippen LogP contribution in [0.3, 0.4) is 0 Å². The number of carbonyl (C=O) groups is 1. The Kier molecular flexibility index (Phi) is 3.44. The fourth-order valence-corrected chi connectivity index (χ4v) is 2.34. The Bertz CT molecular complexity index is 362. The maximum absolute atomic E-state index is 12.1. The monoisotopic (exact) mass is 221 g/mol. The molecule has 0 atom stereocenters. The number of hydrogen-bond donors (Lipinski definition) is 1. The normalized spacial score (nSPS) is 25.6. The molecule has 1 fully saturated rings. The van der Waals surface area contributed by atoms with Crippen LogP contribution in [0, 0.1) is 11.8 Å². The third kappa shape index (κ3) is 2.35. The average molecular weight is 221 g/mol. The molecular formula is C13H19NO2. The molecule has 88 valence electrons. The maximum atomic E-state index is 12.1. The summed E-state index contributed by atoms with van der Waals surface area (Å²) in [4.78, 5) is 12.1. The van der Waals surface area contributed by atoms with Gasteiger partial charge in [0.05, 0.1) is 6.54 Å². The molecule has 1 aromatic rings. The molecular weight excluding hydrogens is 202 g/mol. The van der Waals surface area contributed by atoms with Gasteiger partial charge in [0.15, 0.2) is 5.76 Å². The van der Waals surface area contributed by atoms with Gasteiger partial charge in [-0.1, -0.05) is 19.8 Å². The molecule has 2 rings (SSSR count). The van der Waals surface area contributed by atoms with Crippen LogP contribution in [0.1, 0.15) is 48.9 Å². The highest BCUT2D eigenvalue weighted by Crippen LogP contribution is 2.30. The summed E-state index contributed by atoms with van der Waals surface area (Å²) in [5.41, 5.74) is 5.45. The minimum atomic E-state index is 0.159. The zero-order valence-corrected chi connectivity index (χ0v) is 9.74. The molecule has 2 N–H and O–H groups in total. The largest absolute Gasteiger partial charge is 0.457 e. The van der Waals surface area contributed by atoms with Gasteiger partial charge in [-0.25, -0.2) is 0 Å². The first-order valence-corrected chi connectivity index (χ1v) is 6.03. The molecule has 3 heteroatoms. The SMILES string of the molecule is CC1CCC(C(=O)c2ccc(CN)o2)CC1. The van der Waals surface area contributed by atoms with Crippen molar-refractivity contribution in [1.29, 1.82) is 0 Å². The highest BCUT2D eigenvalue weighted by Gasteiger charge is 2.26. The lowest BCUT2D eigenvalue weighted by Crippen LogP contribution is -2.20. The van der Waals surface area contributed by atoms with E-state index in [-0.39, 0.29) is 11.7 Å². The van der Waals surface area contributed by atoms with Crippen LogP contribution in [0.4, 0.5) is 0 Å². The Morgan fingerprint density at radius 3 is 2.62 bits per heavy atom. The van der Waals surface area contributed by atoms with Crippen molar-refractivity contribution in [3.63, 3.8) is 0 Å². The summed E-state index contributed by atoms with van der Waals surface area (Å²) >= 11 is 0. The van der Waals surface area contributed by atoms with E-state index < -0.39 is 0 Å². The van der Waals surface area contributed by atoms with Gasteiger partial charge in [0, 0.05) is 5.92 Å². The Hall–Kier alpha value is -1.09. The molecule has 0 unspecified atom stereocenters. The van der Waals surface area contributed by atoms with Crippen LogP contribution in [0.2, 0.25) is 0 Å². The summed E-state index contributed by atoms with van der Waals surface area (Å²) < 4.78 is 5.40. The molecule has 1 saturated carbocycles. The predicted octanol–water partition coefficient (Wildman–Crippen LogP) is 2.75. The summed E-state index contributed by atoms with van der Waals surface area (Å²) in [6, 6.07) is 3.54. The number of carbonyl (C=O) groups excluding carboxylic acids is 1. The molecule has 0 bridgehead atoms. The Balaban J connectivity index is 2.01. The fourth-order valence-electron chi connectivity index (χ4n) is 2.34. The van der Waals surface area contributed by atoms with E-state index in [9.17, 15) is 4.79 Å². The lowest BCUT2D eigenvalue weighted by atomic mass is 9.80. The summed E-state index contributed by atoms with van der Waals surface area (Å²) in [5.74, 6) is 2.26. The van der Waals surface area contributed by atoms with E-state index in [1.54, 1.807) is 12.1 Å². The highest BCUT2D eigenvalue weighted by molar-refractivity contribution is 5.95. The Morgan fingerprint density at radius 1 is 1.38 bits per heavy atom. The zero-order chi connectivity index (χ0) is 11.5. The molecule has 3 nitrogen and oxygen atoms in total. The summed E-state index contributed by atoms with van der Waals surface area (Å²) in [5, 5.41) is 0. The van der Waals surface area contributed by atoms with Crippen LogP contribution in [0.5, 0.6) is 0 Å². The Labute approximate surface area is 96.0 Å². The van der Waals surface area contributed by atoms with Crippen LogP contribution in [-0.4, -0.2) is 5.78 Å². The number of rotatable bonds is 3.